The summed E-state index contributed by atoms with van der Waals surface area (Å²) in [6.07, 6.45) is 8.13. The van der Waals surface area contributed by atoms with E-state index in [4.69, 9.17) is 0 Å². The van der Waals surface area contributed by atoms with Crippen LogP contribution in [-0.2, 0) is 11.3 Å². The molecule has 1 aromatic rings. The summed E-state index contributed by atoms with van der Waals surface area (Å²) in [7, 11) is 0. The molecule has 2 rings (SSSR count). The molecule has 0 radical (unpaired) electrons. The van der Waals surface area contributed by atoms with Crippen molar-refractivity contribution in [2.45, 2.75) is 46.1 Å². The first-order valence-corrected chi connectivity index (χ1v) is 7.09. The maximum atomic E-state index is 11.7. The third-order valence-electron chi connectivity index (χ3n) is 3.53. The Labute approximate surface area is 114 Å². The molecule has 1 amide bonds. The van der Waals surface area contributed by atoms with Gasteiger partial charge in [-0.1, -0.05) is 12.2 Å². The fourth-order valence-corrected chi connectivity index (χ4v) is 2.53. The molecular formula is C15H23N3O. The molecule has 0 aromatic carbocycles. The zero-order valence-electron chi connectivity index (χ0n) is 11.9. The predicted molar refractivity (Wildman–Crippen MR) is 75.8 cm³/mol. The molecule has 4 nitrogen and oxygen atoms in total. The minimum atomic E-state index is 0.171. The van der Waals surface area contributed by atoms with Crippen molar-refractivity contribution in [2.75, 3.05) is 6.54 Å². The van der Waals surface area contributed by atoms with Crippen molar-refractivity contribution < 1.29 is 4.79 Å². The van der Waals surface area contributed by atoms with Crippen molar-refractivity contribution in [1.82, 2.24) is 15.1 Å². The average molecular weight is 261 g/mol. The smallest absolute Gasteiger partial charge is 0.220 e. The Hall–Kier alpha value is -1.58. The van der Waals surface area contributed by atoms with Crippen LogP contribution in [0.5, 0.6) is 0 Å². The molecule has 1 unspecified atom stereocenters. The van der Waals surface area contributed by atoms with Gasteiger partial charge in [0.25, 0.3) is 0 Å². The van der Waals surface area contributed by atoms with Gasteiger partial charge in [0.15, 0.2) is 0 Å². The molecule has 1 atom stereocenters. The van der Waals surface area contributed by atoms with E-state index >= 15 is 0 Å². The minimum absolute atomic E-state index is 0.171. The largest absolute Gasteiger partial charge is 0.356 e. The fourth-order valence-electron chi connectivity index (χ4n) is 2.53. The number of aryl methyl sites for hydroxylation is 3. The van der Waals surface area contributed by atoms with Crippen molar-refractivity contribution in [2.24, 2.45) is 5.92 Å². The van der Waals surface area contributed by atoms with Crippen LogP contribution in [0, 0.1) is 19.8 Å². The van der Waals surface area contributed by atoms with Crippen LogP contribution in [0.1, 0.15) is 37.1 Å². The second-order valence-corrected chi connectivity index (χ2v) is 5.32. The van der Waals surface area contributed by atoms with Gasteiger partial charge in [-0.05, 0) is 45.1 Å². The first kappa shape index (κ1) is 13.8. The Morgan fingerprint density at radius 2 is 2.37 bits per heavy atom. The number of allylic oxidation sites excluding steroid dienone is 2. The number of rotatable bonds is 6. The zero-order valence-corrected chi connectivity index (χ0v) is 11.9. The van der Waals surface area contributed by atoms with Crippen LogP contribution in [0.2, 0.25) is 0 Å². The molecule has 0 saturated heterocycles. The summed E-state index contributed by atoms with van der Waals surface area (Å²) in [6.45, 7) is 5.66. The predicted octanol–water partition coefficient (Wildman–Crippen LogP) is 2.36. The van der Waals surface area contributed by atoms with Gasteiger partial charge >= 0.3 is 0 Å². The van der Waals surface area contributed by atoms with Crippen LogP contribution in [-0.4, -0.2) is 22.2 Å². The van der Waals surface area contributed by atoms with E-state index in [0.29, 0.717) is 12.3 Å². The third-order valence-corrected chi connectivity index (χ3v) is 3.53. The normalized spacial score (nSPS) is 17.9. The Morgan fingerprint density at radius 3 is 3.00 bits per heavy atom. The topological polar surface area (TPSA) is 46.9 Å². The molecule has 104 valence electrons. The van der Waals surface area contributed by atoms with E-state index in [1.54, 1.807) is 0 Å². The van der Waals surface area contributed by atoms with Crippen LogP contribution >= 0.6 is 0 Å². The number of hydrogen-bond donors (Lipinski definition) is 1. The molecule has 0 spiro atoms. The van der Waals surface area contributed by atoms with Gasteiger partial charge in [0.2, 0.25) is 5.91 Å². The lowest BCUT2D eigenvalue weighted by atomic mass is 10.1. The maximum absolute atomic E-state index is 11.7. The zero-order chi connectivity index (χ0) is 13.7. The number of amides is 1. The summed E-state index contributed by atoms with van der Waals surface area (Å²) in [6, 6.07) is 2.07. The quantitative estimate of drug-likeness (QED) is 0.631. The minimum Gasteiger partial charge on any atom is -0.356 e. The molecule has 1 N–H and O–H groups in total. The summed E-state index contributed by atoms with van der Waals surface area (Å²) >= 11 is 0. The molecule has 1 aromatic heterocycles. The van der Waals surface area contributed by atoms with Crippen LogP contribution in [0.15, 0.2) is 18.2 Å². The SMILES string of the molecule is Cc1cc(C)n(CCCNC(=O)CC2C=CCC2)n1. The van der Waals surface area contributed by atoms with E-state index in [9.17, 15) is 4.79 Å². The monoisotopic (exact) mass is 261 g/mol. The highest BCUT2D eigenvalue weighted by molar-refractivity contribution is 5.76. The van der Waals surface area contributed by atoms with Gasteiger partial charge in [-0.2, -0.15) is 5.10 Å². The number of nitrogens with zero attached hydrogens (tertiary/aromatic N) is 2. The number of aromatic nitrogens is 2. The fraction of sp³-hybridized carbons (Fsp3) is 0.600. The number of nitrogens with one attached hydrogen (secondary N) is 1. The Morgan fingerprint density at radius 1 is 1.53 bits per heavy atom. The van der Waals surface area contributed by atoms with E-state index in [1.807, 2.05) is 11.6 Å². The highest BCUT2D eigenvalue weighted by Crippen LogP contribution is 2.19. The molecule has 0 saturated carbocycles. The molecule has 4 heteroatoms. The van der Waals surface area contributed by atoms with Crippen molar-refractivity contribution in [3.8, 4) is 0 Å². The molecular weight excluding hydrogens is 238 g/mol. The van der Waals surface area contributed by atoms with Crippen LogP contribution in [0.3, 0.4) is 0 Å². The summed E-state index contributed by atoms with van der Waals surface area (Å²) < 4.78 is 2.00. The van der Waals surface area contributed by atoms with E-state index in [0.717, 1.165) is 38.0 Å². The van der Waals surface area contributed by atoms with E-state index in [2.05, 4.69) is 35.6 Å². The second-order valence-electron chi connectivity index (χ2n) is 5.32. The first-order chi connectivity index (χ1) is 9.15. The molecule has 0 bridgehead atoms. The van der Waals surface area contributed by atoms with Crippen molar-refractivity contribution in [3.05, 3.63) is 29.6 Å². The van der Waals surface area contributed by atoms with E-state index < -0.39 is 0 Å². The lowest BCUT2D eigenvalue weighted by Gasteiger charge is -2.09. The summed E-state index contributed by atoms with van der Waals surface area (Å²) in [5.41, 5.74) is 2.23. The molecule has 1 aliphatic carbocycles. The third kappa shape index (κ3) is 4.23. The lowest BCUT2D eigenvalue weighted by Crippen LogP contribution is -2.26. The Kier molecular flexibility index (Phi) is 4.77. The number of hydrogen-bond acceptors (Lipinski definition) is 2. The summed E-state index contributed by atoms with van der Waals surface area (Å²) in [5, 5.41) is 7.40. The van der Waals surface area contributed by atoms with Gasteiger partial charge in [-0.3, -0.25) is 9.48 Å². The van der Waals surface area contributed by atoms with Crippen LogP contribution in [0.4, 0.5) is 0 Å². The van der Waals surface area contributed by atoms with Gasteiger partial charge < -0.3 is 5.32 Å². The lowest BCUT2D eigenvalue weighted by molar-refractivity contribution is -0.121. The highest BCUT2D eigenvalue weighted by Gasteiger charge is 2.13. The Bertz CT molecular complexity index is 462. The van der Waals surface area contributed by atoms with E-state index in [-0.39, 0.29) is 5.91 Å². The molecule has 1 aliphatic rings. The summed E-state index contributed by atoms with van der Waals surface area (Å²) in [4.78, 5) is 11.7. The van der Waals surface area contributed by atoms with Gasteiger partial charge in [-0.15, -0.1) is 0 Å². The van der Waals surface area contributed by atoms with Gasteiger partial charge in [0.05, 0.1) is 5.69 Å². The molecule has 0 fully saturated rings. The van der Waals surface area contributed by atoms with E-state index in [1.165, 1.54) is 5.69 Å². The van der Waals surface area contributed by atoms with Crippen molar-refractivity contribution in [1.29, 1.82) is 0 Å². The van der Waals surface area contributed by atoms with Gasteiger partial charge in [0, 0.05) is 25.2 Å². The number of carbonyl (C=O) groups is 1. The highest BCUT2D eigenvalue weighted by atomic mass is 16.1. The average Bonchev–Trinajstić information content (AvgIpc) is 2.95. The number of carbonyl (C=O) groups excluding carboxylic acids is 1. The molecule has 0 aliphatic heterocycles. The van der Waals surface area contributed by atoms with Gasteiger partial charge in [-0.25, -0.2) is 0 Å². The standard InChI is InChI=1S/C15H23N3O/c1-12-10-13(2)18(17-12)9-5-8-16-15(19)11-14-6-3-4-7-14/h3,6,10,14H,4-5,7-9,11H2,1-2H3,(H,16,19). The second kappa shape index (κ2) is 6.55. The van der Waals surface area contributed by atoms with Crippen molar-refractivity contribution in [3.63, 3.8) is 0 Å². The van der Waals surface area contributed by atoms with Gasteiger partial charge in [0.1, 0.15) is 0 Å². The maximum Gasteiger partial charge on any atom is 0.220 e. The first-order valence-electron chi connectivity index (χ1n) is 7.09. The molecule has 19 heavy (non-hydrogen) atoms. The molecule has 1 heterocycles. The van der Waals surface area contributed by atoms with Crippen LogP contribution in [0.25, 0.3) is 0 Å². The van der Waals surface area contributed by atoms with Crippen molar-refractivity contribution >= 4 is 5.91 Å². The Balaban J connectivity index is 1.62. The summed E-state index contributed by atoms with van der Waals surface area (Å²) in [5.74, 6) is 0.626. The van der Waals surface area contributed by atoms with Crippen LogP contribution < -0.4 is 5.32 Å².